The highest BCUT2D eigenvalue weighted by atomic mass is 32.1. The smallest absolute Gasteiger partial charge is 0.286 e. The van der Waals surface area contributed by atoms with Gasteiger partial charge in [-0.3, -0.25) is 9.59 Å². The molecular formula is C17H17N3O3S. The molecule has 2 heterocycles. The predicted molar refractivity (Wildman–Crippen MR) is 93.4 cm³/mol. The molecule has 0 unspecified atom stereocenters. The summed E-state index contributed by atoms with van der Waals surface area (Å²) >= 11 is 1.46. The Morgan fingerprint density at radius 3 is 2.71 bits per heavy atom. The first-order valence-electron chi connectivity index (χ1n) is 7.53. The van der Waals surface area contributed by atoms with E-state index in [-0.39, 0.29) is 30.5 Å². The molecule has 0 bridgehead atoms. The van der Waals surface area contributed by atoms with Gasteiger partial charge in [0, 0.05) is 13.0 Å². The topological polar surface area (TPSA) is 84.2 Å². The van der Waals surface area contributed by atoms with E-state index in [0.717, 1.165) is 21.3 Å². The molecule has 7 heteroatoms. The number of fused-ring (bicyclic) bond motifs is 1. The maximum absolute atomic E-state index is 12.0. The number of thiazole rings is 1. The molecule has 6 nitrogen and oxygen atoms in total. The second-order valence-electron chi connectivity index (χ2n) is 5.43. The maximum atomic E-state index is 12.0. The van der Waals surface area contributed by atoms with Crippen LogP contribution in [-0.2, 0) is 4.79 Å². The number of aromatic nitrogens is 1. The zero-order chi connectivity index (χ0) is 17.1. The van der Waals surface area contributed by atoms with Gasteiger partial charge in [-0.05, 0) is 37.1 Å². The summed E-state index contributed by atoms with van der Waals surface area (Å²) in [6, 6.07) is 7.28. The normalized spacial score (nSPS) is 10.8. The molecule has 0 aliphatic carbocycles. The van der Waals surface area contributed by atoms with Crippen LogP contribution in [0.4, 0.5) is 5.13 Å². The van der Waals surface area contributed by atoms with Crippen LogP contribution in [0.3, 0.4) is 0 Å². The molecular weight excluding hydrogens is 326 g/mol. The fourth-order valence-corrected chi connectivity index (χ4v) is 3.31. The van der Waals surface area contributed by atoms with E-state index in [2.05, 4.69) is 15.6 Å². The third-order valence-corrected chi connectivity index (χ3v) is 4.68. The zero-order valence-corrected chi connectivity index (χ0v) is 14.2. The monoisotopic (exact) mass is 343 g/mol. The quantitative estimate of drug-likeness (QED) is 0.745. The minimum absolute atomic E-state index is 0.167. The molecule has 0 saturated heterocycles. The lowest BCUT2D eigenvalue weighted by Gasteiger charge is -2.03. The minimum Gasteiger partial charge on any atom is -0.459 e. The summed E-state index contributed by atoms with van der Waals surface area (Å²) in [5.74, 6) is -0.296. The lowest BCUT2D eigenvalue weighted by molar-refractivity contribution is -0.116. The molecule has 0 saturated carbocycles. The molecule has 1 aromatic carbocycles. The number of anilines is 1. The van der Waals surface area contributed by atoms with Crippen LogP contribution in [-0.4, -0.2) is 23.3 Å². The molecule has 3 rings (SSSR count). The number of hydrogen-bond acceptors (Lipinski definition) is 5. The Morgan fingerprint density at radius 1 is 1.21 bits per heavy atom. The van der Waals surface area contributed by atoms with Crippen molar-refractivity contribution in [3.8, 4) is 0 Å². The van der Waals surface area contributed by atoms with Gasteiger partial charge in [-0.25, -0.2) is 4.98 Å². The molecule has 0 spiro atoms. The number of amides is 2. The number of carbonyl (C=O) groups is 2. The SMILES string of the molecule is Cc1ccc(C)c2sc(NC(=O)CCNC(=O)c3ccco3)nc12. The molecule has 124 valence electrons. The zero-order valence-electron chi connectivity index (χ0n) is 13.4. The van der Waals surface area contributed by atoms with E-state index < -0.39 is 0 Å². The van der Waals surface area contributed by atoms with Crippen LogP contribution in [0.1, 0.15) is 28.1 Å². The molecule has 24 heavy (non-hydrogen) atoms. The van der Waals surface area contributed by atoms with Crippen molar-refractivity contribution in [1.29, 1.82) is 0 Å². The van der Waals surface area contributed by atoms with Crippen LogP contribution in [0.15, 0.2) is 34.9 Å². The molecule has 0 fully saturated rings. The fraction of sp³-hybridized carbons (Fsp3) is 0.235. The van der Waals surface area contributed by atoms with Gasteiger partial charge < -0.3 is 15.1 Å². The third kappa shape index (κ3) is 3.46. The van der Waals surface area contributed by atoms with Crippen LogP contribution in [0.5, 0.6) is 0 Å². The standard InChI is InChI=1S/C17H17N3O3S/c1-10-5-6-11(2)15-14(10)20-17(24-15)19-13(21)7-8-18-16(22)12-4-3-9-23-12/h3-6,9H,7-8H2,1-2H3,(H,18,22)(H,19,20,21). The van der Waals surface area contributed by atoms with Gasteiger partial charge in [0.05, 0.1) is 16.5 Å². The summed E-state index contributed by atoms with van der Waals surface area (Å²) in [6.45, 7) is 4.25. The van der Waals surface area contributed by atoms with Crippen LogP contribution >= 0.6 is 11.3 Å². The molecule has 2 N–H and O–H groups in total. The highest BCUT2D eigenvalue weighted by Gasteiger charge is 2.12. The largest absolute Gasteiger partial charge is 0.459 e. The number of nitrogens with one attached hydrogen (secondary N) is 2. The second-order valence-corrected chi connectivity index (χ2v) is 6.43. The summed E-state index contributed by atoms with van der Waals surface area (Å²) in [6.07, 6.45) is 1.60. The Bertz CT molecular complexity index is 845. The minimum atomic E-state index is -0.334. The van der Waals surface area contributed by atoms with Gasteiger partial charge in [0.2, 0.25) is 5.91 Å². The number of rotatable bonds is 5. The third-order valence-electron chi connectivity index (χ3n) is 3.57. The summed E-state index contributed by atoms with van der Waals surface area (Å²) in [5.41, 5.74) is 3.14. The summed E-state index contributed by atoms with van der Waals surface area (Å²) in [5, 5.41) is 6.00. The molecule has 0 aliphatic rings. The molecule has 3 aromatic rings. The first-order valence-corrected chi connectivity index (χ1v) is 8.34. The molecule has 0 aliphatic heterocycles. The molecule has 2 aromatic heterocycles. The number of nitrogens with zero attached hydrogens (tertiary/aromatic N) is 1. The van der Waals surface area contributed by atoms with Gasteiger partial charge >= 0.3 is 0 Å². The molecule has 0 radical (unpaired) electrons. The summed E-state index contributed by atoms with van der Waals surface area (Å²) < 4.78 is 6.06. The first kappa shape index (κ1) is 16.2. The molecule has 0 atom stereocenters. The van der Waals surface area contributed by atoms with E-state index in [0.29, 0.717) is 5.13 Å². The lowest BCUT2D eigenvalue weighted by atomic mass is 10.1. The average molecular weight is 343 g/mol. The average Bonchev–Trinajstić information content (AvgIpc) is 3.21. The van der Waals surface area contributed by atoms with Gasteiger partial charge in [-0.1, -0.05) is 23.5 Å². The van der Waals surface area contributed by atoms with E-state index in [1.807, 2.05) is 26.0 Å². The van der Waals surface area contributed by atoms with Crippen molar-refractivity contribution < 1.29 is 14.0 Å². The predicted octanol–water partition coefficient (Wildman–Crippen LogP) is 3.26. The first-order chi connectivity index (χ1) is 11.5. The van der Waals surface area contributed by atoms with E-state index >= 15 is 0 Å². The second kappa shape index (κ2) is 6.84. The maximum Gasteiger partial charge on any atom is 0.286 e. The van der Waals surface area contributed by atoms with Gasteiger partial charge in [0.25, 0.3) is 5.91 Å². The number of furan rings is 1. The number of hydrogen-bond donors (Lipinski definition) is 2. The van der Waals surface area contributed by atoms with E-state index in [1.54, 1.807) is 12.1 Å². The van der Waals surface area contributed by atoms with E-state index in [1.165, 1.54) is 17.6 Å². The van der Waals surface area contributed by atoms with Gasteiger partial charge in [0.1, 0.15) is 0 Å². The summed E-state index contributed by atoms with van der Waals surface area (Å²) in [4.78, 5) is 28.2. The highest BCUT2D eigenvalue weighted by Crippen LogP contribution is 2.30. The van der Waals surface area contributed by atoms with E-state index in [4.69, 9.17) is 4.42 Å². The summed E-state index contributed by atoms with van der Waals surface area (Å²) in [7, 11) is 0. The van der Waals surface area contributed by atoms with Crippen molar-refractivity contribution >= 4 is 38.5 Å². The van der Waals surface area contributed by atoms with Crippen LogP contribution < -0.4 is 10.6 Å². The number of aryl methyl sites for hydroxylation is 2. The lowest BCUT2D eigenvalue weighted by Crippen LogP contribution is -2.27. The fourth-order valence-electron chi connectivity index (χ4n) is 2.28. The Kier molecular flexibility index (Phi) is 4.61. The van der Waals surface area contributed by atoms with Crippen molar-refractivity contribution in [2.75, 3.05) is 11.9 Å². The number of carbonyl (C=O) groups excluding carboxylic acids is 2. The van der Waals surface area contributed by atoms with Crippen molar-refractivity contribution in [2.24, 2.45) is 0 Å². The Hall–Kier alpha value is -2.67. The van der Waals surface area contributed by atoms with Crippen LogP contribution in [0, 0.1) is 13.8 Å². The highest BCUT2D eigenvalue weighted by molar-refractivity contribution is 7.22. The molecule has 2 amide bonds. The van der Waals surface area contributed by atoms with Crippen molar-refractivity contribution in [3.63, 3.8) is 0 Å². The Labute approximate surface area is 142 Å². The van der Waals surface area contributed by atoms with E-state index in [9.17, 15) is 9.59 Å². The van der Waals surface area contributed by atoms with Crippen LogP contribution in [0.25, 0.3) is 10.2 Å². The number of benzene rings is 1. The van der Waals surface area contributed by atoms with Gasteiger partial charge in [0.15, 0.2) is 10.9 Å². The van der Waals surface area contributed by atoms with Crippen LogP contribution in [0.2, 0.25) is 0 Å². The Morgan fingerprint density at radius 2 is 2.00 bits per heavy atom. The van der Waals surface area contributed by atoms with Crippen molar-refractivity contribution in [2.45, 2.75) is 20.3 Å². The van der Waals surface area contributed by atoms with Gasteiger partial charge in [-0.2, -0.15) is 0 Å². The van der Waals surface area contributed by atoms with Crippen molar-refractivity contribution in [1.82, 2.24) is 10.3 Å². The van der Waals surface area contributed by atoms with Gasteiger partial charge in [-0.15, -0.1) is 0 Å². The Balaban J connectivity index is 1.56. The van der Waals surface area contributed by atoms with Crippen molar-refractivity contribution in [3.05, 3.63) is 47.4 Å².